The number of aliphatic hydroxyl groups excluding tert-OH is 1. The predicted octanol–water partition coefficient (Wildman–Crippen LogP) is 3.75. The maximum atomic E-state index is 12.5. The molecule has 0 spiro atoms. The summed E-state index contributed by atoms with van der Waals surface area (Å²) in [7, 11) is 0. The van der Waals surface area contributed by atoms with Gasteiger partial charge in [-0.25, -0.2) is 4.79 Å². The maximum absolute atomic E-state index is 12.5. The Morgan fingerprint density at radius 1 is 1.03 bits per heavy atom. The van der Waals surface area contributed by atoms with E-state index in [1.54, 1.807) is 0 Å². The summed E-state index contributed by atoms with van der Waals surface area (Å²) in [5, 5.41) is 23.0. The molecule has 0 aromatic heterocycles. The summed E-state index contributed by atoms with van der Waals surface area (Å²) in [6, 6.07) is 0. The van der Waals surface area contributed by atoms with Gasteiger partial charge in [0.25, 0.3) is 0 Å². The van der Waals surface area contributed by atoms with Crippen molar-refractivity contribution in [3.63, 3.8) is 0 Å². The van der Waals surface area contributed by atoms with Gasteiger partial charge in [-0.3, -0.25) is 4.79 Å². The molecule has 4 aliphatic carbocycles. The molecule has 0 radical (unpaired) electrons. The molecular formula is C29H49N3O5. The first-order chi connectivity index (χ1) is 17.6. The Balaban J connectivity index is 1.14. The first-order valence-corrected chi connectivity index (χ1v) is 14.9. The van der Waals surface area contributed by atoms with E-state index in [-0.39, 0.29) is 29.4 Å². The van der Waals surface area contributed by atoms with Gasteiger partial charge in [-0.05, 0) is 112 Å². The Kier molecular flexibility index (Phi) is 7.58. The van der Waals surface area contributed by atoms with E-state index in [0.717, 1.165) is 64.5 Å². The Morgan fingerprint density at radius 2 is 1.78 bits per heavy atom. The average Bonchev–Trinajstić information content (AvgIpc) is 3.15. The summed E-state index contributed by atoms with van der Waals surface area (Å²) in [6.07, 6.45) is 10.9. The van der Waals surface area contributed by atoms with Crippen LogP contribution >= 0.6 is 0 Å². The number of aliphatic hydroxyl groups is 1. The largest absolute Gasteiger partial charge is 0.481 e. The standard InChI is InChI=1S/C29H49N3O5/c1-27-11-8-21(37-26(36)31-17-20(33)18-32-14-4-3-5-15-32)16-19(27)6-7-23-22(27)9-12-28(2)24(25(34)35)10-13-29(23,28)30/h19-24,33H,3-18,30H2,1-2H3,(H,31,36)(H,34,35)/t19?,20?,21?,22-,23-,24?,27+,28-,29-/m1/s1. The molecule has 37 heavy (non-hydrogen) atoms. The molecule has 5 aliphatic rings. The molecule has 4 saturated carbocycles. The first kappa shape index (κ1) is 27.2. The quantitative estimate of drug-likeness (QED) is 0.421. The van der Waals surface area contributed by atoms with Crippen molar-refractivity contribution < 1.29 is 24.5 Å². The number of nitrogens with zero attached hydrogens (tertiary/aromatic N) is 1. The van der Waals surface area contributed by atoms with Crippen LogP contribution in [0.1, 0.15) is 90.9 Å². The second kappa shape index (κ2) is 10.3. The molecule has 0 aromatic rings. The van der Waals surface area contributed by atoms with Crippen molar-refractivity contribution in [3.8, 4) is 0 Å². The minimum Gasteiger partial charge on any atom is -0.481 e. The molecule has 8 heteroatoms. The summed E-state index contributed by atoms with van der Waals surface area (Å²) in [4.78, 5) is 26.8. The molecule has 8 nitrogen and oxygen atoms in total. The molecule has 5 fully saturated rings. The normalized spacial score (nSPS) is 44.7. The van der Waals surface area contributed by atoms with Crippen molar-refractivity contribution in [3.05, 3.63) is 0 Å². The number of hydrogen-bond donors (Lipinski definition) is 4. The van der Waals surface area contributed by atoms with Gasteiger partial charge in [0.2, 0.25) is 0 Å². The van der Waals surface area contributed by atoms with Crippen LogP contribution < -0.4 is 11.1 Å². The number of piperidine rings is 1. The minimum absolute atomic E-state index is 0.0857. The molecule has 1 aliphatic heterocycles. The number of alkyl carbamates (subject to hydrolysis) is 1. The summed E-state index contributed by atoms with van der Waals surface area (Å²) in [6.45, 7) is 7.45. The van der Waals surface area contributed by atoms with Crippen molar-refractivity contribution in [2.24, 2.45) is 40.2 Å². The summed E-state index contributed by atoms with van der Waals surface area (Å²) in [5.41, 5.74) is 6.66. The number of hydrogen-bond acceptors (Lipinski definition) is 6. The van der Waals surface area contributed by atoms with Crippen LogP contribution in [-0.4, -0.2) is 71.1 Å². The predicted molar refractivity (Wildman–Crippen MR) is 141 cm³/mol. The van der Waals surface area contributed by atoms with Gasteiger partial charge in [-0.1, -0.05) is 20.3 Å². The highest BCUT2D eigenvalue weighted by Gasteiger charge is 2.67. The number of β-amino-alcohol motifs (C(OH)–C–C–N with tert-alkyl or cyclic N) is 1. The fraction of sp³-hybridized carbons (Fsp3) is 0.931. The fourth-order valence-corrected chi connectivity index (χ4v) is 9.69. The van der Waals surface area contributed by atoms with Gasteiger partial charge >= 0.3 is 12.1 Å². The van der Waals surface area contributed by atoms with Crippen molar-refractivity contribution in [1.82, 2.24) is 10.2 Å². The monoisotopic (exact) mass is 519 g/mol. The van der Waals surface area contributed by atoms with Crippen LogP contribution in [0, 0.1) is 34.5 Å². The second-order valence-corrected chi connectivity index (χ2v) is 13.6. The van der Waals surface area contributed by atoms with E-state index >= 15 is 0 Å². The minimum atomic E-state index is -0.678. The summed E-state index contributed by atoms with van der Waals surface area (Å²) >= 11 is 0. The molecule has 210 valence electrons. The Morgan fingerprint density at radius 3 is 2.51 bits per heavy atom. The number of carboxylic acids is 1. The van der Waals surface area contributed by atoms with Gasteiger partial charge in [0.15, 0.2) is 0 Å². The Bertz CT molecular complexity index is 864. The zero-order valence-electron chi connectivity index (χ0n) is 22.9. The van der Waals surface area contributed by atoms with Crippen LogP contribution in [0.25, 0.3) is 0 Å². The summed E-state index contributed by atoms with van der Waals surface area (Å²) in [5.74, 6) is 0.373. The number of carbonyl (C=O) groups is 2. The van der Waals surface area contributed by atoms with E-state index < -0.39 is 23.7 Å². The number of nitrogens with one attached hydrogen (secondary N) is 1. The van der Waals surface area contributed by atoms with Gasteiger partial charge in [0, 0.05) is 18.6 Å². The fourth-order valence-electron chi connectivity index (χ4n) is 9.69. The Labute approximate surface area is 222 Å². The van der Waals surface area contributed by atoms with E-state index in [4.69, 9.17) is 10.5 Å². The maximum Gasteiger partial charge on any atom is 0.407 e. The smallest absolute Gasteiger partial charge is 0.407 e. The van der Waals surface area contributed by atoms with Gasteiger partial charge in [0.1, 0.15) is 6.10 Å². The van der Waals surface area contributed by atoms with E-state index in [1.807, 2.05) is 0 Å². The third-order valence-corrected chi connectivity index (χ3v) is 11.9. The number of carbonyl (C=O) groups excluding carboxylic acids is 1. The lowest BCUT2D eigenvalue weighted by Crippen LogP contribution is -2.66. The van der Waals surface area contributed by atoms with Crippen LogP contribution in [-0.2, 0) is 9.53 Å². The lowest BCUT2D eigenvalue weighted by atomic mass is 9.42. The molecule has 1 amide bonds. The number of aliphatic carboxylic acids is 1. The number of rotatable bonds is 6. The molecule has 5 N–H and O–H groups in total. The molecule has 9 atom stereocenters. The second-order valence-electron chi connectivity index (χ2n) is 13.6. The third kappa shape index (κ3) is 4.80. The molecule has 1 saturated heterocycles. The number of fused-ring (bicyclic) bond motifs is 5. The number of nitrogens with two attached hydrogens (primary N) is 1. The van der Waals surface area contributed by atoms with Crippen LogP contribution in [0.2, 0.25) is 0 Å². The average molecular weight is 520 g/mol. The van der Waals surface area contributed by atoms with Gasteiger partial charge in [-0.15, -0.1) is 0 Å². The number of likely N-dealkylation sites (tertiary alicyclic amines) is 1. The van der Waals surface area contributed by atoms with E-state index in [0.29, 0.717) is 30.7 Å². The highest BCUT2D eigenvalue weighted by molar-refractivity contribution is 5.72. The molecule has 0 aromatic carbocycles. The van der Waals surface area contributed by atoms with Crippen LogP contribution in [0.5, 0.6) is 0 Å². The number of carboxylic acid groups (broad SMARTS) is 1. The van der Waals surface area contributed by atoms with Crippen LogP contribution in [0.15, 0.2) is 0 Å². The van der Waals surface area contributed by atoms with Crippen molar-refractivity contribution >= 4 is 12.1 Å². The van der Waals surface area contributed by atoms with E-state index in [1.165, 1.54) is 19.3 Å². The molecule has 5 rings (SSSR count). The highest BCUT2D eigenvalue weighted by Crippen LogP contribution is 2.68. The molecule has 1 heterocycles. The topological polar surface area (TPSA) is 125 Å². The zero-order chi connectivity index (χ0) is 26.4. The van der Waals surface area contributed by atoms with Gasteiger partial charge in [0.05, 0.1) is 12.0 Å². The lowest BCUT2D eigenvalue weighted by molar-refractivity contribution is -0.157. The summed E-state index contributed by atoms with van der Waals surface area (Å²) < 4.78 is 5.84. The van der Waals surface area contributed by atoms with Crippen LogP contribution in [0.4, 0.5) is 4.79 Å². The Hall–Kier alpha value is -1.38. The van der Waals surface area contributed by atoms with Gasteiger partial charge in [-0.2, -0.15) is 0 Å². The lowest BCUT2D eigenvalue weighted by Gasteiger charge is -2.64. The van der Waals surface area contributed by atoms with Crippen LogP contribution in [0.3, 0.4) is 0 Å². The van der Waals surface area contributed by atoms with E-state index in [9.17, 15) is 19.8 Å². The van der Waals surface area contributed by atoms with Crippen molar-refractivity contribution in [2.75, 3.05) is 26.2 Å². The van der Waals surface area contributed by atoms with Gasteiger partial charge < -0.3 is 30.9 Å². The molecule has 4 unspecified atom stereocenters. The number of amides is 1. The highest BCUT2D eigenvalue weighted by atomic mass is 16.6. The van der Waals surface area contributed by atoms with Crippen molar-refractivity contribution in [2.45, 2.75) is 109 Å². The van der Waals surface area contributed by atoms with E-state index in [2.05, 4.69) is 24.1 Å². The van der Waals surface area contributed by atoms with Crippen molar-refractivity contribution in [1.29, 1.82) is 0 Å². The third-order valence-electron chi connectivity index (χ3n) is 11.9. The molecule has 0 bridgehead atoms. The zero-order valence-corrected chi connectivity index (χ0v) is 22.9. The number of ether oxygens (including phenoxy) is 1. The molecular weight excluding hydrogens is 470 g/mol. The first-order valence-electron chi connectivity index (χ1n) is 14.9. The SMILES string of the molecule is C[C@]12CCC(OC(=O)NCC(O)CN3CCCCC3)CC1CC[C@@H]1[C@H]2CC[C@]2(C)C(C(=O)O)CC[C@@]12N.